The maximum Gasteiger partial charge on any atom is 0.255 e. The van der Waals surface area contributed by atoms with E-state index in [0.717, 1.165) is 9.13 Å². The van der Waals surface area contributed by atoms with Gasteiger partial charge in [0, 0.05) is 14.8 Å². The molecule has 3 aromatic rings. The second kappa shape index (κ2) is 9.80. The Bertz CT molecular complexity index is 963. The fraction of sp³-hybridized carbons (Fsp3) is 0.136. The van der Waals surface area contributed by atoms with E-state index < -0.39 is 0 Å². The first-order valence-corrected chi connectivity index (χ1v) is 10.2. The number of hydrogen-bond donors (Lipinski definition) is 1. The van der Waals surface area contributed by atoms with E-state index in [-0.39, 0.29) is 5.91 Å². The van der Waals surface area contributed by atoms with Gasteiger partial charge in [-0.3, -0.25) is 4.79 Å². The average molecular weight is 508 g/mol. The van der Waals surface area contributed by atoms with Crippen LogP contribution in [0.25, 0.3) is 0 Å². The van der Waals surface area contributed by atoms with Crippen molar-refractivity contribution in [2.75, 3.05) is 11.9 Å². The highest BCUT2D eigenvalue weighted by atomic mass is 127. The molecular weight excluding hydrogens is 489 g/mol. The number of hydrogen-bond acceptors (Lipinski definition) is 3. The van der Waals surface area contributed by atoms with Crippen molar-refractivity contribution < 1.29 is 14.3 Å². The molecule has 144 valence electrons. The van der Waals surface area contributed by atoms with Crippen LogP contribution in [0.15, 0.2) is 66.7 Å². The molecule has 0 radical (unpaired) electrons. The predicted octanol–water partition coefficient (Wildman–Crippen LogP) is 6.17. The van der Waals surface area contributed by atoms with Crippen molar-refractivity contribution >= 4 is 45.8 Å². The van der Waals surface area contributed by atoms with E-state index in [1.807, 2.05) is 61.5 Å². The first-order chi connectivity index (χ1) is 13.6. The minimum atomic E-state index is -0.267. The standard InChI is InChI=1S/C22H19ClINO3/c1-2-27-21-19(23)11-16(22(26)25-18-10-6-9-17(24)13-18)12-20(21)28-14-15-7-4-3-5-8-15/h3-13H,2,14H2,1H3,(H,25,26). The van der Waals surface area contributed by atoms with Gasteiger partial charge in [-0.05, 0) is 65.4 Å². The van der Waals surface area contributed by atoms with Crippen LogP contribution >= 0.6 is 34.2 Å². The Morgan fingerprint density at radius 2 is 1.82 bits per heavy atom. The van der Waals surface area contributed by atoms with Gasteiger partial charge in [-0.25, -0.2) is 0 Å². The Kier molecular flexibility index (Phi) is 7.17. The van der Waals surface area contributed by atoms with Gasteiger partial charge in [0.05, 0.1) is 11.6 Å². The van der Waals surface area contributed by atoms with Crippen LogP contribution < -0.4 is 14.8 Å². The van der Waals surface area contributed by atoms with Crippen LogP contribution in [0.3, 0.4) is 0 Å². The van der Waals surface area contributed by atoms with E-state index in [1.54, 1.807) is 12.1 Å². The predicted molar refractivity (Wildman–Crippen MR) is 121 cm³/mol. The Labute approximate surface area is 183 Å². The summed E-state index contributed by atoms with van der Waals surface area (Å²) >= 11 is 8.58. The van der Waals surface area contributed by atoms with Crippen molar-refractivity contribution in [3.8, 4) is 11.5 Å². The molecule has 0 spiro atoms. The van der Waals surface area contributed by atoms with Gasteiger partial charge in [0.15, 0.2) is 11.5 Å². The lowest BCUT2D eigenvalue weighted by molar-refractivity contribution is 0.102. The zero-order valence-electron chi connectivity index (χ0n) is 15.2. The van der Waals surface area contributed by atoms with Gasteiger partial charge in [-0.1, -0.05) is 48.0 Å². The summed E-state index contributed by atoms with van der Waals surface area (Å²) in [6.45, 7) is 2.66. The molecule has 0 saturated carbocycles. The molecule has 0 heterocycles. The fourth-order valence-corrected chi connectivity index (χ4v) is 3.40. The van der Waals surface area contributed by atoms with Crippen LogP contribution in [0.1, 0.15) is 22.8 Å². The van der Waals surface area contributed by atoms with Crippen LogP contribution in [0.5, 0.6) is 11.5 Å². The lowest BCUT2D eigenvalue weighted by Gasteiger charge is -2.15. The van der Waals surface area contributed by atoms with Crippen molar-refractivity contribution in [3.05, 3.63) is 86.4 Å². The van der Waals surface area contributed by atoms with Gasteiger partial charge in [0.1, 0.15) is 6.61 Å². The number of carbonyl (C=O) groups excluding carboxylic acids is 1. The number of ether oxygens (including phenoxy) is 2. The topological polar surface area (TPSA) is 47.6 Å². The molecule has 0 saturated heterocycles. The van der Waals surface area contributed by atoms with Crippen molar-refractivity contribution in [2.45, 2.75) is 13.5 Å². The molecule has 0 bridgehead atoms. The molecule has 0 aliphatic rings. The molecule has 1 amide bonds. The third-order valence-corrected chi connectivity index (χ3v) is 4.83. The average Bonchev–Trinajstić information content (AvgIpc) is 2.69. The summed E-state index contributed by atoms with van der Waals surface area (Å²) < 4.78 is 12.6. The zero-order chi connectivity index (χ0) is 19.9. The molecule has 6 heteroatoms. The Morgan fingerprint density at radius 3 is 2.54 bits per heavy atom. The van der Waals surface area contributed by atoms with E-state index in [4.69, 9.17) is 21.1 Å². The minimum Gasteiger partial charge on any atom is -0.488 e. The maximum absolute atomic E-state index is 12.7. The molecule has 0 fully saturated rings. The minimum absolute atomic E-state index is 0.267. The Hall–Kier alpha value is -2.25. The third-order valence-electron chi connectivity index (χ3n) is 3.88. The van der Waals surface area contributed by atoms with Crippen LogP contribution in [0.2, 0.25) is 5.02 Å². The first-order valence-electron chi connectivity index (χ1n) is 8.77. The Morgan fingerprint density at radius 1 is 1.04 bits per heavy atom. The molecule has 4 nitrogen and oxygen atoms in total. The molecule has 3 aromatic carbocycles. The summed E-state index contributed by atoms with van der Waals surface area (Å²) in [4.78, 5) is 12.7. The molecule has 28 heavy (non-hydrogen) atoms. The third kappa shape index (κ3) is 5.39. The van der Waals surface area contributed by atoms with Crippen LogP contribution in [0.4, 0.5) is 5.69 Å². The fourth-order valence-electron chi connectivity index (χ4n) is 2.60. The second-order valence-electron chi connectivity index (χ2n) is 5.96. The first kappa shape index (κ1) is 20.5. The normalized spacial score (nSPS) is 10.4. The summed E-state index contributed by atoms with van der Waals surface area (Å²) in [5.74, 6) is 0.605. The van der Waals surface area contributed by atoms with E-state index in [0.29, 0.717) is 41.0 Å². The summed E-state index contributed by atoms with van der Waals surface area (Å²) in [5.41, 5.74) is 2.12. The van der Waals surface area contributed by atoms with E-state index in [9.17, 15) is 4.79 Å². The largest absolute Gasteiger partial charge is 0.488 e. The number of amides is 1. The van der Waals surface area contributed by atoms with Gasteiger partial charge in [-0.15, -0.1) is 0 Å². The summed E-state index contributed by atoms with van der Waals surface area (Å²) in [6.07, 6.45) is 0. The highest BCUT2D eigenvalue weighted by molar-refractivity contribution is 14.1. The number of anilines is 1. The number of nitrogens with one attached hydrogen (secondary N) is 1. The zero-order valence-corrected chi connectivity index (χ0v) is 18.2. The lowest BCUT2D eigenvalue weighted by Crippen LogP contribution is -2.13. The molecule has 0 atom stereocenters. The van der Waals surface area contributed by atoms with Crippen molar-refractivity contribution in [3.63, 3.8) is 0 Å². The SMILES string of the molecule is CCOc1c(Cl)cc(C(=O)Nc2cccc(I)c2)cc1OCc1ccccc1. The van der Waals surface area contributed by atoms with Crippen LogP contribution in [-0.2, 0) is 6.61 Å². The smallest absolute Gasteiger partial charge is 0.255 e. The van der Waals surface area contributed by atoms with E-state index >= 15 is 0 Å². The number of carbonyl (C=O) groups is 1. The van der Waals surface area contributed by atoms with Gasteiger partial charge < -0.3 is 14.8 Å². The van der Waals surface area contributed by atoms with Crippen molar-refractivity contribution in [1.82, 2.24) is 0 Å². The number of benzene rings is 3. The summed E-state index contributed by atoms with van der Waals surface area (Å²) in [7, 11) is 0. The monoisotopic (exact) mass is 507 g/mol. The highest BCUT2D eigenvalue weighted by Crippen LogP contribution is 2.37. The summed E-state index contributed by atoms with van der Waals surface area (Å²) in [6, 6.07) is 20.6. The van der Waals surface area contributed by atoms with Crippen LogP contribution in [-0.4, -0.2) is 12.5 Å². The Balaban J connectivity index is 1.85. The lowest BCUT2D eigenvalue weighted by atomic mass is 10.1. The van der Waals surface area contributed by atoms with E-state index in [2.05, 4.69) is 27.9 Å². The maximum atomic E-state index is 12.7. The molecular formula is C22H19ClINO3. The molecule has 0 aliphatic carbocycles. The molecule has 0 unspecified atom stereocenters. The highest BCUT2D eigenvalue weighted by Gasteiger charge is 2.17. The van der Waals surface area contributed by atoms with Crippen molar-refractivity contribution in [1.29, 1.82) is 0 Å². The van der Waals surface area contributed by atoms with Crippen LogP contribution in [0, 0.1) is 3.57 Å². The number of rotatable bonds is 7. The molecule has 0 aromatic heterocycles. The molecule has 3 rings (SSSR count). The van der Waals surface area contributed by atoms with Gasteiger partial charge in [0.2, 0.25) is 0 Å². The van der Waals surface area contributed by atoms with Crippen molar-refractivity contribution in [2.24, 2.45) is 0 Å². The van der Waals surface area contributed by atoms with Gasteiger partial charge in [-0.2, -0.15) is 0 Å². The molecule has 0 aliphatic heterocycles. The number of halogens is 2. The van der Waals surface area contributed by atoms with Gasteiger partial charge >= 0.3 is 0 Å². The molecule has 1 N–H and O–H groups in total. The van der Waals surface area contributed by atoms with Gasteiger partial charge in [0.25, 0.3) is 5.91 Å². The van der Waals surface area contributed by atoms with E-state index in [1.165, 1.54) is 0 Å². The quantitative estimate of drug-likeness (QED) is 0.389. The second-order valence-corrected chi connectivity index (χ2v) is 7.61. The summed E-state index contributed by atoms with van der Waals surface area (Å²) in [5, 5.41) is 3.21.